The van der Waals surface area contributed by atoms with Crippen molar-refractivity contribution in [2.45, 2.75) is 31.5 Å². The van der Waals surface area contributed by atoms with Gasteiger partial charge in [-0.2, -0.15) is 0 Å². The van der Waals surface area contributed by atoms with E-state index in [9.17, 15) is 4.79 Å². The molecule has 4 heteroatoms. The zero-order chi connectivity index (χ0) is 8.27. The van der Waals surface area contributed by atoms with Gasteiger partial charge in [-0.3, -0.25) is 0 Å². The van der Waals surface area contributed by atoms with Crippen molar-refractivity contribution in [3.63, 3.8) is 0 Å². The molecule has 1 saturated carbocycles. The van der Waals surface area contributed by atoms with Crippen molar-refractivity contribution in [2.24, 2.45) is 5.73 Å². The summed E-state index contributed by atoms with van der Waals surface area (Å²) in [6.07, 6.45) is 1.84. The van der Waals surface area contributed by atoms with Gasteiger partial charge in [0.1, 0.15) is 6.10 Å². The Kier molecular flexibility index (Phi) is 2.84. The van der Waals surface area contributed by atoms with E-state index in [0.717, 1.165) is 19.3 Å². The number of aliphatic hydroxyl groups is 1. The van der Waals surface area contributed by atoms with Crippen LogP contribution in [0.4, 0.5) is 0 Å². The van der Waals surface area contributed by atoms with E-state index < -0.39 is 12.1 Å². The monoisotopic (exact) mass is 159 g/mol. The second-order valence-corrected chi connectivity index (χ2v) is 2.74. The molecule has 0 heterocycles. The van der Waals surface area contributed by atoms with E-state index in [-0.39, 0.29) is 12.6 Å². The van der Waals surface area contributed by atoms with E-state index in [1.165, 1.54) is 0 Å². The lowest BCUT2D eigenvalue weighted by Crippen LogP contribution is -2.35. The molecule has 3 N–H and O–H groups in total. The first-order valence-corrected chi connectivity index (χ1v) is 3.82. The molecule has 4 nitrogen and oxygen atoms in total. The van der Waals surface area contributed by atoms with E-state index in [4.69, 9.17) is 15.6 Å². The smallest absolute Gasteiger partial charge is 0.336 e. The summed E-state index contributed by atoms with van der Waals surface area (Å²) in [6.45, 7) is -0.0639. The van der Waals surface area contributed by atoms with Crippen molar-refractivity contribution in [1.82, 2.24) is 0 Å². The number of hydrogen-bond donors (Lipinski definition) is 2. The first-order chi connectivity index (χ1) is 5.24. The van der Waals surface area contributed by atoms with Crippen LogP contribution in [0.1, 0.15) is 19.3 Å². The van der Waals surface area contributed by atoms with Crippen molar-refractivity contribution >= 4 is 5.97 Å². The third-order valence-corrected chi connectivity index (χ3v) is 1.83. The molecule has 0 amide bonds. The molecular weight excluding hydrogens is 146 g/mol. The second kappa shape index (κ2) is 3.69. The molecule has 64 valence electrons. The van der Waals surface area contributed by atoms with Gasteiger partial charge in [-0.05, 0) is 19.3 Å². The zero-order valence-electron chi connectivity index (χ0n) is 6.32. The number of carbonyl (C=O) groups excluding carboxylic acids is 1. The summed E-state index contributed by atoms with van der Waals surface area (Å²) in [4.78, 5) is 10.8. The van der Waals surface area contributed by atoms with Crippen LogP contribution < -0.4 is 5.73 Å². The van der Waals surface area contributed by atoms with Crippen LogP contribution in [0.5, 0.6) is 0 Å². The van der Waals surface area contributed by atoms with Crippen LogP contribution in [0.3, 0.4) is 0 Å². The molecule has 11 heavy (non-hydrogen) atoms. The van der Waals surface area contributed by atoms with Crippen molar-refractivity contribution in [3.05, 3.63) is 0 Å². The van der Waals surface area contributed by atoms with Gasteiger partial charge in [0, 0.05) is 6.54 Å². The summed E-state index contributed by atoms with van der Waals surface area (Å²) >= 11 is 0. The van der Waals surface area contributed by atoms with Gasteiger partial charge in [-0.25, -0.2) is 4.79 Å². The molecule has 0 aromatic rings. The molecular formula is C7H13NO3. The maximum Gasteiger partial charge on any atom is 0.336 e. The molecule has 1 unspecified atom stereocenters. The lowest BCUT2D eigenvalue weighted by Gasteiger charge is -2.25. The molecule has 0 aromatic heterocycles. The Morgan fingerprint density at radius 1 is 1.73 bits per heavy atom. The minimum Gasteiger partial charge on any atom is -0.460 e. The molecule has 0 bridgehead atoms. The average Bonchev–Trinajstić information content (AvgIpc) is 1.94. The number of esters is 1. The van der Waals surface area contributed by atoms with Crippen molar-refractivity contribution < 1.29 is 14.6 Å². The molecule has 0 aliphatic heterocycles. The van der Waals surface area contributed by atoms with Crippen LogP contribution in [-0.4, -0.2) is 29.8 Å². The van der Waals surface area contributed by atoms with Crippen LogP contribution >= 0.6 is 0 Å². The van der Waals surface area contributed by atoms with Gasteiger partial charge in [0.2, 0.25) is 0 Å². The highest BCUT2D eigenvalue weighted by molar-refractivity contribution is 5.74. The number of nitrogens with two attached hydrogens (primary N) is 1. The highest BCUT2D eigenvalue weighted by atomic mass is 16.6. The maximum absolute atomic E-state index is 10.8. The van der Waals surface area contributed by atoms with E-state index in [1.807, 2.05) is 0 Å². The van der Waals surface area contributed by atoms with Gasteiger partial charge in [0.25, 0.3) is 0 Å². The summed E-state index contributed by atoms with van der Waals surface area (Å²) in [5.41, 5.74) is 5.06. The van der Waals surface area contributed by atoms with Crippen LogP contribution in [-0.2, 0) is 9.53 Å². The quantitative estimate of drug-likeness (QED) is 0.539. The Balaban J connectivity index is 2.19. The Labute approximate surface area is 65.3 Å². The van der Waals surface area contributed by atoms with Crippen LogP contribution in [0, 0.1) is 0 Å². The lowest BCUT2D eigenvalue weighted by atomic mass is 9.96. The fourth-order valence-corrected chi connectivity index (χ4v) is 0.828. The number of ether oxygens (including phenoxy) is 1. The van der Waals surface area contributed by atoms with Crippen molar-refractivity contribution in [2.75, 3.05) is 6.54 Å². The van der Waals surface area contributed by atoms with Crippen LogP contribution in [0.2, 0.25) is 0 Å². The fourth-order valence-electron chi connectivity index (χ4n) is 0.828. The van der Waals surface area contributed by atoms with E-state index in [1.54, 1.807) is 0 Å². The summed E-state index contributed by atoms with van der Waals surface area (Å²) < 4.78 is 4.87. The molecule has 0 radical (unpaired) electrons. The van der Waals surface area contributed by atoms with Gasteiger partial charge in [0.15, 0.2) is 6.10 Å². The fraction of sp³-hybridized carbons (Fsp3) is 0.857. The predicted octanol–water partition coefficient (Wildman–Crippen LogP) is -0.598. The van der Waals surface area contributed by atoms with Gasteiger partial charge < -0.3 is 15.6 Å². The van der Waals surface area contributed by atoms with E-state index in [0.29, 0.717) is 0 Å². The van der Waals surface area contributed by atoms with Crippen LogP contribution in [0.15, 0.2) is 0 Å². The third kappa shape index (κ3) is 2.17. The zero-order valence-corrected chi connectivity index (χ0v) is 6.32. The van der Waals surface area contributed by atoms with E-state index >= 15 is 0 Å². The predicted molar refractivity (Wildman–Crippen MR) is 38.8 cm³/mol. The van der Waals surface area contributed by atoms with Gasteiger partial charge in [0.05, 0.1) is 0 Å². The largest absolute Gasteiger partial charge is 0.460 e. The average molecular weight is 159 g/mol. The summed E-state index contributed by atoms with van der Waals surface area (Å²) in [5, 5.41) is 8.90. The Morgan fingerprint density at radius 3 is 2.73 bits per heavy atom. The standard InChI is InChI=1S/C7H13NO3/c8-4-6(9)7(10)11-5-2-1-3-5/h5-6,9H,1-4,8H2. The third-order valence-electron chi connectivity index (χ3n) is 1.83. The summed E-state index contributed by atoms with van der Waals surface area (Å²) in [7, 11) is 0. The molecule has 1 atom stereocenters. The van der Waals surface area contributed by atoms with Crippen LogP contribution in [0.25, 0.3) is 0 Å². The number of hydrogen-bond acceptors (Lipinski definition) is 4. The molecule has 1 aliphatic rings. The first-order valence-electron chi connectivity index (χ1n) is 3.82. The molecule has 1 rings (SSSR count). The number of aliphatic hydroxyl groups excluding tert-OH is 1. The molecule has 0 spiro atoms. The van der Waals surface area contributed by atoms with Crippen molar-refractivity contribution in [1.29, 1.82) is 0 Å². The maximum atomic E-state index is 10.8. The molecule has 1 aliphatic carbocycles. The van der Waals surface area contributed by atoms with Gasteiger partial charge >= 0.3 is 5.97 Å². The minimum atomic E-state index is -1.14. The second-order valence-electron chi connectivity index (χ2n) is 2.74. The Hall–Kier alpha value is -0.610. The van der Waals surface area contributed by atoms with Gasteiger partial charge in [-0.1, -0.05) is 0 Å². The highest BCUT2D eigenvalue weighted by Gasteiger charge is 2.24. The summed E-state index contributed by atoms with van der Waals surface area (Å²) in [5.74, 6) is -0.586. The normalized spacial score (nSPS) is 20.5. The SMILES string of the molecule is NCC(O)C(=O)OC1CCC1. The van der Waals surface area contributed by atoms with E-state index in [2.05, 4.69) is 0 Å². The topological polar surface area (TPSA) is 72.5 Å². The Morgan fingerprint density at radius 2 is 2.36 bits per heavy atom. The molecule has 0 saturated heterocycles. The van der Waals surface area contributed by atoms with Crippen molar-refractivity contribution in [3.8, 4) is 0 Å². The number of carbonyl (C=O) groups is 1. The highest BCUT2D eigenvalue weighted by Crippen LogP contribution is 2.22. The number of rotatable bonds is 3. The minimum absolute atomic E-state index is 0.0312. The first kappa shape index (κ1) is 8.49. The molecule has 1 fully saturated rings. The summed E-state index contributed by atoms with van der Waals surface area (Å²) in [6, 6.07) is 0. The van der Waals surface area contributed by atoms with Gasteiger partial charge in [-0.15, -0.1) is 0 Å². The Bertz CT molecular complexity index is 145. The molecule has 0 aromatic carbocycles. The lowest BCUT2D eigenvalue weighted by molar-refractivity contribution is -0.162.